The van der Waals surface area contributed by atoms with Gasteiger partial charge < -0.3 is 14.6 Å². The molecule has 1 rings (SSSR count). The molecule has 1 aromatic rings. The smallest absolute Gasteiger partial charge is 0.240 e. The van der Waals surface area contributed by atoms with Crippen molar-refractivity contribution in [3.63, 3.8) is 0 Å². The summed E-state index contributed by atoms with van der Waals surface area (Å²) < 4.78 is 36.4. The van der Waals surface area contributed by atoms with E-state index >= 15 is 0 Å². The first-order valence-electron chi connectivity index (χ1n) is 6.35. The highest BCUT2D eigenvalue weighted by molar-refractivity contribution is 7.89. The summed E-state index contributed by atoms with van der Waals surface area (Å²) in [5, 5.41) is 9.09. The molecule has 0 bridgehead atoms. The molecule has 0 fully saturated rings. The number of aliphatic hydroxyl groups is 1. The van der Waals surface area contributed by atoms with Gasteiger partial charge in [0.05, 0.1) is 17.6 Å². The van der Waals surface area contributed by atoms with Crippen molar-refractivity contribution in [1.82, 2.24) is 4.72 Å². The minimum atomic E-state index is -3.59. The average molecular weight is 303 g/mol. The van der Waals surface area contributed by atoms with Crippen molar-refractivity contribution in [2.75, 3.05) is 26.9 Å². The Labute approximate surface area is 119 Å². The van der Waals surface area contributed by atoms with Crippen molar-refractivity contribution in [1.29, 1.82) is 0 Å². The molecule has 0 amide bonds. The summed E-state index contributed by atoms with van der Waals surface area (Å²) in [4.78, 5) is 0.141. The predicted octanol–water partition coefficient (Wildman–Crippen LogP) is 0.761. The van der Waals surface area contributed by atoms with Crippen molar-refractivity contribution < 1.29 is 23.0 Å². The molecule has 20 heavy (non-hydrogen) atoms. The molecule has 1 atom stereocenters. The minimum absolute atomic E-state index is 0.0163. The fourth-order valence-electron chi connectivity index (χ4n) is 1.42. The van der Waals surface area contributed by atoms with Crippen LogP contribution in [0.2, 0.25) is 0 Å². The van der Waals surface area contributed by atoms with Crippen LogP contribution in [0.5, 0.6) is 5.75 Å². The van der Waals surface area contributed by atoms with Crippen LogP contribution in [-0.2, 0) is 14.8 Å². The van der Waals surface area contributed by atoms with Gasteiger partial charge in [-0.15, -0.1) is 0 Å². The van der Waals surface area contributed by atoms with Gasteiger partial charge in [-0.05, 0) is 31.2 Å². The Morgan fingerprint density at radius 2 is 1.90 bits per heavy atom. The molecule has 1 aromatic carbocycles. The van der Waals surface area contributed by atoms with E-state index in [0.29, 0.717) is 19.0 Å². The Morgan fingerprint density at radius 1 is 1.25 bits per heavy atom. The second-order valence-electron chi connectivity index (χ2n) is 4.37. The molecule has 114 valence electrons. The maximum absolute atomic E-state index is 11.9. The van der Waals surface area contributed by atoms with Crippen LogP contribution in [0.25, 0.3) is 0 Å². The number of ether oxygens (including phenoxy) is 2. The van der Waals surface area contributed by atoms with E-state index in [0.717, 1.165) is 6.42 Å². The molecule has 0 saturated carbocycles. The van der Waals surface area contributed by atoms with E-state index in [4.69, 9.17) is 14.6 Å². The number of benzene rings is 1. The van der Waals surface area contributed by atoms with Gasteiger partial charge in [0, 0.05) is 26.7 Å². The molecule has 0 aromatic heterocycles. The summed E-state index contributed by atoms with van der Waals surface area (Å²) in [7, 11) is -1.96. The molecule has 0 aliphatic heterocycles. The van der Waals surface area contributed by atoms with Crippen molar-refractivity contribution in [2.45, 2.75) is 24.3 Å². The topological polar surface area (TPSA) is 84.9 Å². The summed E-state index contributed by atoms with van der Waals surface area (Å²) in [6.07, 6.45) is 0.0418. The Morgan fingerprint density at radius 3 is 2.45 bits per heavy atom. The van der Waals surface area contributed by atoms with Gasteiger partial charge >= 0.3 is 0 Å². The van der Waals surface area contributed by atoms with Crippen molar-refractivity contribution in [3.05, 3.63) is 24.3 Å². The van der Waals surface area contributed by atoms with Gasteiger partial charge in [0.25, 0.3) is 0 Å². The van der Waals surface area contributed by atoms with E-state index < -0.39 is 16.1 Å². The number of aliphatic hydroxyl groups excluding tert-OH is 1. The van der Waals surface area contributed by atoms with Gasteiger partial charge in [-0.25, -0.2) is 13.1 Å². The summed E-state index contributed by atoms with van der Waals surface area (Å²) in [5.41, 5.74) is 0. The third-order valence-corrected chi connectivity index (χ3v) is 3.90. The van der Waals surface area contributed by atoms with E-state index in [9.17, 15) is 8.42 Å². The molecule has 1 unspecified atom stereocenters. The first kappa shape index (κ1) is 16.9. The van der Waals surface area contributed by atoms with Gasteiger partial charge in [-0.3, -0.25) is 0 Å². The summed E-state index contributed by atoms with van der Waals surface area (Å²) >= 11 is 0. The molecule has 0 saturated heterocycles. The largest absolute Gasteiger partial charge is 0.494 e. The van der Waals surface area contributed by atoms with E-state index in [1.807, 2.05) is 0 Å². The number of hydrogen-bond acceptors (Lipinski definition) is 5. The Kier molecular flexibility index (Phi) is 6.94. The number of rotatable bonds is 9. The molecule has 6 nitrogen and oxygen atoms in total. The van der Waals surface area contributed by atoms with Crippen molar-refractivity contribution >= 4 is 10.0 Å². The molecule has 7 heteroatoms. The zero-order valence-corrected chi connectivity index (χ0v) is 12.5. The highest BCUT2D eigenvalue weighted by Gasteiger charge is 2.14. The fraction of sp³-hybridized carbons (Fsp3) is 0.538. The van der Waals surface area contributed by atoms with Crippen LogP contribution < -0.4 is 9.46 Å². The lowest BCUT2D eigenvalue weighted by atomic mass is 10.3. The van der Waals surface area contributed by atoms with Crippen LogP contribution in [0.3, 0.4) is 0 Å². The lowest BCUT2D eigenvalue weighted by Gasteiger charge is -2.09. The highest BCUT2D eigenvalue weighted by atomic mass is 32.2. The van der Waals surface area contributed by atoms with Gasteiger partial charge in [-0.2, -0.15) is 0 Å². The third-order valence-electron chi connectivity index (χ3n) is 2.46. The Balaban J connectivity index is 2.57. The Hall–Kier alpha value is -1.15. The second kappa shape index (κ2) is 8.21. The number of hydrogen-bond donors (Lipinski definition) is 2. The molecule has 2 N–H and O–H groups in total. The van der Waals surface area contributed by atoms with E-state index in [-0.39, 0.29) is 11.4 Å². The fourth-order valence-corrected chi connectivity index (χ4v) is 2.54. The van der Waals surface area contributed by atoms with Crippen molar-refractivity contribution in [3.8, 4) is 5.75 Å². The highest BCUT2D eigenvalue weighted by Crippen LogP contribution is 2.16. The van der Waals surface area contributed by atoms with Crippen LogP contribution >= 0.6 is 0 Å². The predicted molar refractivity (Wildman–Crippen MR) is 75.3 cm³/mol. The molecule has 0 radical (unpaired) electrons. The summed E-state index contributed by atoms with van der Waals surface area (Å²) in [6.45, 7) is 2.63. The Bertz CT molecular complexity index is 484. The zero-order chi connectivity index (χ0) is 15.0. The standard InChI is InChI=1S/C13H21NO5S/c1-11(15)10-14-20(16,17)13-6-4-12(5-7-13)19-9-3-8-18-2/h4-7,11,14-15H,3,8-10H2,1-2H3. The molecule has 0 aliphatic rings. The van der Waals surface area contributed by atoms with E-state index in [2.05, 4.69) is 4.72 Å². The SMILES string of the molecule is COCCCOc1ccc(S(=O)(=O)NCC(C)O)cc1. The van der Waals surface area contributed by atoms with Crippen LogP contribution in [0.1, 0.15) is 13.3 Å². The summed E-state index contributed by atoms with van der Waals surface area (Å²) in [5.74, 6) is 0.607. The molecule has 0 aliphatic carbocycles. The first-order chi connectivity index (χ1) is 9.45. The van der Waals surface area contributed by atoms with E-state index in [1.165, 1.54) is 19.1 Å². The number of nitrogens with one attached hydrogen (secondary N) is 1. The van der Waals surface area contributed by atoms with Crippen molar-refractivity contribution in [2.24, 2.45) is 0 Å². The second-order valence-corrected chi connectivity index (χ2v) is 6.13. The van der Waals surface area contributed by atoms with Crippen LogP contribution in [0, 0.1) is 0 Å². The normalized spacial score (nSPS) is 13.2. The molecular weight excluding hydrogens is 282 g/mol. The average Bonchev–Trinajstić information content (AvgIpc) is 2.42. The van der Waals surface area contributed by atoms with E-state index in [1.54, 1.807) is 19.2 Å². The quantitative estimate of drug-likeness (QED) is 0.658. The molecule has 0 heterocycles. The van der Waals surface area contributed by atoms with Gasteiger partial charge in [0.1, 0.15) is 5.75 Å². The maximum Gasteiger partial charge on any atom is 0.240 e. The number of methoxy groups -OCH3 is 1. The third kappa shape index (κ3) is 5.87. The number of sulfonamides is 1. The monoisotopic (exact) mass is 303 g/mol. The van der Waals surface area contributed by atoms with Gasteiger partial charge in [0.2, 0.25) is 10.0 Å². The lowest BCUT2D eigenvalue weighted by molar-refractivity contribution is 0.172. The first-order valence-corrected chi connectivity index (χ1v) is 7.83. The van der Waals surface area contributed by atoms with Gasteiger partial charge in [0.15, 0.2) is 0 Å². The molecule has 0 spiro atoms. The summed E-state index contributed by atoms with van der Waals surface area (Å²) in [6, 6.07) is 6.14. The molecular formula is C13H21NO5S. The lowest BCUT2D eigenvalue weighted by Crippen LogP contribution is -2.30. The van der Waals surface area contributed by atoms with Gasteiger partial charge in [-0.1, -0.05) is 0 Å². The maximum atomic E-state index is 11.9. The zero-order valence-electron chi connectivity index (χ0n) is 11.7. The van der Waals surface area contributed by atoms with Crippen LogP contribution in [0.4, 0.5) is 0 Å². The van der Waals surface area contributed by atoms with Crippen LogP contribution in [0.15, 0.2) is 29.2 Å². The van der Waals surface area contributed by atoms with Crippen LogP contribution in [-0.4, -0.2) is 46.5 Å². The minimum Gasteiger partial charge on any atom is -0.494 e.